The number of piperidine rings is 1. The van der Waals surface area contributed by atoms with Crippen molar-refractivity contribution in [1.82, 2.24) is 5.32 Å². The van der Waals surface area contributed by atoms with Gasteiger partial charge in [0.25, 0.3) is 0 Å². The van der Waals surface area contributed by atoms with Crippen LogP contribution in [0.3, 0.4) is 0 Å². The van der Waals surface area contributed by atoms with Crippen molar-refractivity contribution in [2.45, 2.75) is 19.1 Å². The Morgan fingerprint density at radius 1 is 1.40 bits per heavy atom. The average molecular weight is 207 g/mol. The molecule has 3 heteroatoms. The molecule has 2 aliphatic heterocycles. The molecule has 1 N–H and O–H groups in total. The van der Waals surface area contributed by atoms with E-state index in [1.165, 1.54) is 5.57 Å². The minimum Gasteiger partial charge on any atom is -0.385 e. The van der Waals surface area contributed by atoms with Gasteiger partial charge in [0.15, 0.2) is 6.29 Å². The molecular formula is C12H17NO2. The standard InChI is InChI=1S/C12H17NO2/c1-9(12-14-6-7-15-12)8-11-4-3-5-13-10(11)2/h8,12-13H,1-7H2/b11-8-. The van der Waals surface area contributed by atoms with E-state index in [1.807, 2.05) is 6.08 Å². The molecule has 2 fully saturated rings. The summed E-state index contributed by atoms with van der Waals surface area (Å²) in [5.74, 6) is 0. The summed E-state index contributed by atoms with van der Waals surface area (Å²) in [7, 11) is 0. The molecule has 82 valence electrons. The maximum atomic E-state index is 5.38. The Kier molecular flexibility index (Phi) is 3.23. The fourth-order valence-corrected chi connectivity index (χ4v) is 1.81. The van der Waals surface area contributed by atoms with Crippen LogP contribution in [0, 0.1) is 0 Å². The lowest BCUT2D eigenvalue weighted by atomic mass is 10.0. The summed E-state index contributed by atoms with van der Waals surface area (Å²) in [6, 6.07) is 0. The van der Waals surface area contributed by atoms with E-state index in [0.29, 0.717) is 13.2 Å². The highest BCUT2D eigenvalue weighted by Crippen LogP contribution is 2.22. The Bertz CT molecular complexity index is 301. The Morgan fingerprint density at radius 2 is 2.13 bits per heavy atom. The molecule has 2 aliphatic rings. The van der Waals surface area contributed by atoms with Crippen molar-refractivity contribution in [2.24, 2.45) is 0 Å². The molecule has 0 spiro atoms. The highest BCUT2D eigenvalue weighted by atomic mass is 16.7. The molecule has 0 aromatic carbocycles. The van der Waals surface area contributed by atoms with Gasteiger partial charge in [-0.25, -0.2) is 0 Å². The van der Waals surface area contributed by atoms with Gasteiger partial charge in [-0.15, -0.1) is 0 Å². The summed E-state index contributed by atoms with van der Waals surface area (Å²) in [6.07, 6.45) is 3.97. The molecule has 0 unspecified atom stereocenters. The first-order valence-electron chi connectivity index (χ1n) is 5.33. The summed E-state index contributed by atoms with van der Waals surface area (Å²) in [4.78, 5) is 0. The van der Waals surface area contributed by atoms with E-state index in [4.69, 9.17) is 9.47 Å². The first-order chi connectivity index (χ1) is 7.27. The van der Waals surface area contributed by atoms with Gasteiger partial charge < -0.3 is 14.8 Å². The molecule has 15 heavy (non-hydrogen) atoms. The van der Waals surface area contributed by atoms with Crippen molar-refractivity contribution in [1.29, 1.82) is 0 Å². The van der Waals surface area contributed by atoms with Crippen LogP contribution in [0.25, 0.3) is 0 Å². The van der Waals surface area contributed by atoms with Crippen molar-refractivity contribution >= 4 is 0 Å². The van der Waals surface area contributed by atoms with Crippen LogP contribution in [0.5, 0.6) is 0 Å². The normalized spacial score (nSPS) is 25.6. The van der Waals surface area contributed by atoms with E-state index in [9.17, 15) is 0 Å². The Hall–Kier alpha value is -1.06. The summed E-state index contributed by atoms with van der Waals surface area (Å²) >= 11 is 0. The third kappa shape index (κ3) is 2.49. The van der Waals surface area contributed by atoms with Crippen LogP contribution in [0.1, 0.15) is 12.8 Å². The molecular weight excluding hydrogens is 190 g/mol. The highest BCUT2D eigenvalue weighted by molar-refractivity contribution is 5.36. The summed E-state index contributed by atoms with van der Waals surface area (Å²) in [5.41, 5.74) is 3.10. The predicted molar refractivity (Wildman–Crippen MR) is 59.3 cm³/mol. The van der Waals surface area contributed by atoms with Crippen LogP contribution in [-0.4, -0.2) is 26.0 Å². The SMILES string of the molecule is C=C1NCCC/C1=C/C(=C)C1OCCO1. The van der Waals surface area contributed by atoms with Crippen LogP contribution >= 0.6 is 0 Å². The number of allylic oxidation sites excluding steroid dienone is 1. The van der Waals surface area contributed by atoms with Gasteiger partial charge >= 0.3 is 0 Å². The first-order valence-corrected chi connectivity index (χ1v) is 5.33. The fraction of sp³-hybridized carbons (Fsp3) is 0.500. The number of hydrogen-bond acceptors (Lipinski definition) is 3. The molecule has 0 radical (unpaired) electrons. The average Bonchev–Trinajstić information content (AvgIpc) is 2.74. The molecule has 0 amide bonds. The zero-order valence-corrected chi connectivity index (χ0v) is 8.92. The third-order valence-corrected chi connectivity index (χ3v) is 2.63. The Labute approximate surface area is 90.5 Å². The zero-order chi connectivity index (χ0) is 10.7. The molecule has 0 atom stereocenters. The Morgan fingerprint density at radius 3 is 2.80 bits per heavy atom. The molecule has 2 rings (SSSR count). The van der Waals surface area contributed by atoms with Crippen molar-refractivity contribution < 1.29 is 9.47 Å². The number of nitrogens with one attached hydrogen (secondary N) is 1. The monoisotopic (exact) mass is 207 g/mol. The predicted octanol–water partition coefficient (Wildman–Crippen LogP) is 1.74. The lowest BCUT2D eigenvalue weighted by Crippen LogP contribution is -2.21. The second kappa shape index (κ2) is 4.64. The number of ether oxygens (including phenoxy) is 2. The molecule has 0 bridgehead atoms. The van der Waals surface area contributed by atoms with Gasteiger partial charge in [0.05, 0.1) is 13.2 Å². The van der Waals surface area contributed by atoms with Crippen LogP contribution in [0.2, 0.25) is 0 Å². The van der Waals surface area contributed by atoms with Gasteiger partial charge in [0, 0.05) is 17.8 Å². The van der Waals surface area contributed by atoms with Crippen LogP contribution in [0.4, 0.5) is 0 Å². The van der Waals surface area contributed by atoms with Crippen molar-refractivity contribution in [2.75, 3.05) is 19.8 Å². The van der Waals surface area contributed by atoms with Crippen LogP contribution in [-0.2, 0) is 9.47 Å². The zero-order valence-electron chi connectivity index (χ0n) is 8.92. The van der Waals surface area contributed by atoms with E-state index in [-0.39, 0.29) is 6.29 Å². The maximum absolute atomic E-state index is 5.38. The lowest BCUT2D eigenvalue weighted by molar-refractivity contribution is -0.00806. The second-order valence-corrected chi connectivity index (χ2v) is 3.83. The van der Waals surface area contributed by atoms with Gasteiger partial charge in [-0.05, 0) is 24.5 Å². The van der Waals surface area contributed by atoms with E-state index >= 15 is 0 Å². The summed E-state index contributed by atoms with van der Waals surface area (Å²) in [5, 5.41) is 3.24. The van der Waals surface area contributed by atoms with E-state index in [0.717, 1.165) is 30.7 Å². The number of hydrogen-bond donors (Lipinski definition) is 1. The van der Waals surface area contributed by atoms with Crippen molar-refractivity contribution in [3.05, 3.63) is 36.1 Å². The summed E-state index contributed by atoms with van der Waals surface area (Å²) < 4.78 is 10.8. The van der Waals surface area contributed by atoms with Gasteiger partial charge in [0.2, 0.25) is 0 Å². The quantitative estimate of drug-likeness (QED) is 0.748. The topological polar surface area (TPSA) is 30.5 Å². The molecule has 3 nitrogen and oxygen atoms in total. The smallest absolute Gasteiger partial charge is 0.183 e. The van der Waals surface area contributed by atoms with Crippen molar-refractivity contribution in [3.63, 3.8) is 0 Å². The molecule has 2 heterocycles. The number of rotatable bonds is 2. The molecule has 0 aliphatic carbocycles. The minimum atomic E-state index is -0.257. The van der Waals surface area contributed by atoms with E-state index in [1.54, 1.807) is 0 Å². The molecule has 0 aromatic rings. The highest BCUT2D eigenvalue weighted by Gasteiger charge is 2.19. The van der Waals surface area contributed by atoms with E-state index in [2.05, 4.69) is 18.5 Å². The van der Waals surface area contributed by atoms with Crippen LogP contribution < -0.4 is 5.32 Å². The summed E-state index contributed by atoms with van der Waals surface area (Å²) in [6.45, 7) is 10.3. The fourth-order valence-electron chi connectivity index (χ4n) is 1.81. The van der Waals surface area contributed by atoms with Gasteiger partial charge in [-0.3, -0.25) is 0 Å². The lowest BCUT2D eigenvalue weighted by Gasteiger charge is -2.20. The molecule has 2 saturated heterocycles. The third-order valence-electron chi connectivity index (χ3n) is 2.63. The first kappa shape index (κ1) is 10.5. The minimum absolute atomic E-state index is 0.257. The van der Waals surface area contributed by atoms with Gasteiger partial charge in [-0.2, -0.15) is 0 Å². The molecule has 0 saturated carbocycles. The maximum Gasteiger partial charge on any atom is 0.183 e. The van der Waals surface area contributed by atoms with Crippen LogP contribution in [0.15, 0.2) is 36.1 Å². The van der Waals surface area contributed by atoms with E-state index < -0.39 is 0 Å². The second-order valence-electron chi connectivity index (χ2n) is 3.83. The van der Waals surface area contributed by atoms with Gasteiger partial charge in [-0.1, -0.05) is 13.2 Å². The molecule has 0 aromatic heterocycles. The Balaban J connectivity index is 2.00. The largest absolute Gasteiger partial charge is 0.385 e. The van der Waals surface area contributed by atoms with Crippen molar-refractivity contribution in [3.8, 4) is 0 Å². The van der Waals surface area contributed by atoms with Gasteiger partial charge in [0.1, 0.15) is 0 Å².